The molecule has 0 bridgehead atoms. The standard InChI is InChI=1S/C14H24BrNO2/c1-18-13(17)12-4-8-16(9-5-12)11-14(10-15)6-2-3-7-14/h12H,2-11H2,1H3. The van der Waals surface area contributed by atoms with E-state index in [1.807, 2.05) is 0 Å². The summed E-state index contributed by atoms with van der Waals surface area (Å²) >= 11 is 3.71. The first-order chi connectivity index (χ1) is 8.69. The van der Waals surface area contributed by atoms with Gasteiger partial charge in [0.1, 0.15) is 0 Å². The summed E-state index contributed by atoms with van der Waals surface area (Å²) < 4.78 is 4.83. The van der Waals surface area contributed by atoms with Gasteiger partial charge in [0.2, 0.25) is 0 Å². The zero-order chi connectivity index (χ0) is 13.0. The highest BCUT2D eigenvalue weighted by Crippen LogP contribution is 2.40. The van der Waals surface area contributed by atoms with Gasteiger partial charge in [0.15, 0.2) is 0 Å². The Balaban J connectivity index is 1.81. The highest BCUT2D eigenvalue weighted by molar-refractivity contribution is 9.09. The molecule has 1 saturated heterocycles. The number of likely N-dealkylation sites (tertiary alicyclic amines) is 1. The summed E-state index contributed by atoms with van der Waals surface area (Å²) in [6.07, 6.45) is 7.40. The zero-order valence-electron chi connectivity index (χ0n) is 11.3. The molecule has 1 heterocycles. The minimum absolute atomic E-state index is 0.0225. The van der Waals surface area contributed by atoms with Crippen LogP contribution in [-0.4, -0.2) is 42.9 Å². The minimum Gasteiger partial charge on any atom is -0.469 e. The maximum Gasteiger partial charge on any atom is 0.308 e. The summed E-state index contributed by atoms with van der Waals surface area (Å²) in [4.78, 5) is 14.0. The van der Waals surface area contributed by atoms with Crippen LogP contribution in [0.5, 0.6) is 0 Å². The number of rotatable bonds is 4. The van der Waals surface area contributed by atoms with Crippen molar-refractivity contribution in [1.82, 2.24) is 4.90 Å². The van der Waals surface area contributed by atoms with Crippen LogP contribution in [0.25, 0.3) is 0 Å². The van der Waals surface area contributed by atoms with Crippen molar-refractivity contribution in [2.75, 3.05) is 32.1 Å². The molecule has 104 valence electrons. The lowest BCUT2D eigenvalue weighted by molar-refractivity contribution is -0.147. The maximum atomic E-state index is 11.5. The number of hydrogen-bond donors (Lipinski definition) is 0. The van der Waals surface area contributed by atoms with Crippen molar-refractivity contribution >= 4 is 21.9 Å². The molecule has 0 radical (unpaired) electrons. The lowest BCUT2D eigenvalue weighted by Gasteiger charge is -2.37. The number of esters is 1. The molecule has 1 saturated carbocycles. The van der Waals surface area contributed by atoms with E-state index in [0.717, 1.165) is 31.3 Å². The summed E-state index contributed by atoms with van der Waals surface area (Å²) in [6.45, 7) is 3.30. The largest absolute Gasteiger partial charge is 0.469 e. The van der Waals surface area contributed by atoms with Gasteiger partial charge in [-0.1, -0.05) is 28.8 Å². The Morgan fingerprint density at radius 3 is 2.44 bits per heavy atom. The number of halogens is 1. The Morgan fingerprint density at radius 2 is 1.94 bits per heavy atom. The van der Waals surface area contributed by atoms with E-state index in [9.17, 15) is 4.79 Å². The summed E-state index contributed by atoms with van der Waals surface area (Å²) in [7, 11) is 1.49. The SMILES string of the molecule is COC(=O)C1CCN(CC2(CBr)CCCC2)CC1. The predicted octanol–water partition coefficient (Wildman–Crippen LogP) is 2.83. The number of carbonyl (C=O) groups is 1. The van der Waals surface area contributed by atoms with Crippen molar-refractivity contribution in [3.63, 3.8) is 0 Å². The van der Waals surface area contributed by atoms with Gasteiger partial charge in [0.05, 0.1) is 13.0 Å². The van der Waals surface area contributed by atoms with E-state index < -0.39 is 0 Å². The first kappa shape index (κ1) is 14.3. The molecule has 0 aromatic heterocycles. The van der Waals surface area contributed by atoms with E-state index >= 15 is 0 Å². The van der Waals surface area contributed by atoms with Crippen molar-refractivity contribution in [1.29, 1.82) is 0 Å². The van der Waals surface area contributed by atoms with Crippen molar-refractivity contribution < 1.29 is 9.53 Å². The lowest BCUT2D eigenvalue weighted by Crippen LogP contribution is -2.43. The smallest absolute Gasteiger partial charge is 0.308 e. The fourth-order valence-electron chi connectivity index (χ4n) is 3.43. The van der Waals surface area contributed by atoms with Gasteiger partial charge < -0.3 is 9.64 Å². The monoisotopic (exact) mass is 317 g/mol. The Hall–Kier alpha value is -0.0900. The van der Waals surface area contributed by atoms with E-state index in [1.165, 1.54) is 39.3 Å². The third-order valence-electron chi connectivity index (χ3n) is 4.63. The molecule has 1 aliphatic carbocycles. The molecule has 4 heteroatoms. The highest BCUT2D eigenvalue weighted by Gasteiger charge is 2.36. The van der Waals surface area contributed by atoms with Gasteiger partial charge in [0, 0.05) is 11.9 Å². The Morgan fingerprint density at radius 1 is 1.33 bits per heavy atom. The van der Waals surface area contributed by atoms with Crippen LogP contribution in [0.15, 0.2) is 0 Å². The molecule has 18 heavy (non-hydrogen) atoms. The summed E-state index contributed by atoms with van der Waals surface area (Å²) in [5, 5.41) is 1.12. The summed E-state index contributed by atoms with van der Waals surface area (Å²) in [6, 6.07) is 0. The number of carbonyl (C=O) groups excluding carboxylic acids is 1. The molecule has 0 N–H and O–H groups in total. The molecule has 0 spiro atoms. The Labute approximate surface area is 118 Å². The van der Waals surface area contributed by atoms with Crippen LogP contribution in [0, 0.1) is 11.3 Å². The fraction of sp³-hybridized carbons (Fsp3) is 0.929. The quantitative estimate of drug-likeness (QED) is 0.590. The van der Waals surface area contributed by atoms with Crippen LogP contribution in [0.2, 0.25) is 0 Å². The van der Waals surface area contributed by atoms with Gasteiger partial charge in [-0.15, -0.1) is 0 Å². The average Bonchev–Trinajstić information content (AvgIpc) is 2.88. The third-order valence-corrected chi connectivity index (χ3v) is 5.82. The highest BCUT2D eigenvalue weighted by atomic mass is 79.9. The van der Waals surface area contributed by atoms with E-state index in [0.29, 0.717) is 5.41 Å². The van der Waals surface area contributed by atoms with Crippen molar-refractivity contribution in [2.45, 2.75) is 38.5 Å². The predicted molar refractivity (Wildman–Crippen MR) is 75.9 cm³/mol. The molecule has 0 amide bonds. The number of hydrogen-bond acceptors (Lipinski definition) is 3. The van der Waals surface area contributed by atoms with Crippen LogP contribution in [0.3, 0.4) is 0 Å². The lowest BCUT2D eigenvalue weighted by atomic mass is 9.86. The Bertz CT molecular complexity index is 282. The molecular formula is C14H24BrNO2. The van der Waals surface area contributed by atoms with Crippen LogP contribution in [-0.2, 0) is 9.53 Å². The average molecular weight is 318 g/mol. The summed E-state index contributed by atoms with van der Waals surface area (Å²) in [5.74, 6) is 0.112. The zero-order valence-corrected chi connectivity index (χ0v) is 12.9. The number of methoxy groups -OCH3 is 1. The second-order valence-electron chi connectivity index (χ2n) is 5.91. The number of nitrogens with zero attached hydrogens (tertiary/aromatic N) is 1. The summed E-state index contributed by atoms with van der Waals surface area (Å²) in [5.41, 5.74) is 0.498. The van der Waals surface area contributed by atoms with E-state index in [4.69, 9.17) is 4.74 Å². The number of alkyl halides is 1. The Kier molecular flexibility index (Phi) is 5.07. The molecule has 0 atom stereocenters. The first-order valence-corrected chi connectivity index (χ1v) is 8.17. The third kappa shape index (κ3) is 3.27. The van der Waals surface area contributed by atoms with Gasteiger partial charge in [0.25, 0.3) is 0 Å². The van der Waals surface area contributed by atoms with Crippen LogP contribution in [0.4, 0.5) is 0 Å². The molecular weight excluding hydrogens is 294 g/mol. The van der Waals surface area contributed by atoms with Gasteiger partial charge in [-0.3, -0.25) is 4.79 Å². The molecule has 1 aliphatic heterocycles. The van der Waals surface area contributed by atoms with Gasteiger partial charge in [-0.25, -0.2) is 0 Å². The molecule has 2 rings (SSSR count). The minimum atomic E-state index is -0.0225. The number of piperidine rings is 1. The van der Waals surface area contributed by atoms with Crippen LogP contribution >= 0.6 is 15.9 Å². The molecule has 2 fully saturated rings. The van der Waals surface area contributed by atoms with E-state index in [1.54, 1.807) is 0 Å². The molecule has 0 aromatic rings. The number of ether oxygens (including phenoxy) is 1. The van der Waals surface area contributed by atoms with Gasteiger partial charge in [-0.2, -0.15) is 0 Å². The molecule has 2 aliphatic rings. The molecule has 0 unspecified atom stereocenters. The first-order valence-electron chi connectivity index (χ1n) is 7.05. The van der Waals surface area contributed by atoms with E-state index in [-0.39, 0.29) is 11.9 Å². The van der Waals surface area contributed by atoms with Crippen molar-refractivity contribution in [3.05, 3.63) is 0 Å². The topological polar surface area (TPSA) is 29.5 Å². The molecule has 3 nitrogen and oxygen atoms in total. The normalized spacial score (nSPS) is 25.2. The second kappa shape index (κ2) is 6.38. The molecule has 0 aromatic carbocycles. The van der Waals surface area contributed by atoms with Crippen molar-refractivity contribution in [3.8, 4) is 0 Å². The van der Waals surface area contributed by atoms with Crippen molar-refractivity contribution in [2.24, 2.45) is 11.3 Å². The van der Waals surface area contributed by atoms with Gasteiger partial charge in [-0.05, 0) is 44.2 Å². The maximum absolute atomic E-state index is 11.5. The van der Waals surface area contributed by atoms with Crippen LogP contribution < -0.4 is 0 Å². The van der Waals surface area contributed by atoms with E-state index in [2.05, 4.69) is 20.8 Å². The fourth-order valence-corrected chi connectivity index (χ4v) is 4.16. The van der Waals surface area contributed by atoms with Gasteiger partial charge >= 0.3 is 5.97 Å². The van der Waals surface area contributed by atoms with Crippen LogP contribution in [0.1, 0.15) is 38.5 Å². The second-order valence-corrected chi connectivity index (χ2v) is 6.48.